The number of anilines is 1. The topological polar surface area (TPSA) is 67.4 Å². The summed E-state index contributed by atoms with van der Waals surface area (Å²) in [5, 5.41) is 3.04. The molecule has 0 bridgehead atoms. The fourth-order valence-corrected chi connectivity index (χ4v) is 1.91. The molecule has 0 spiro atoms. The molecule has 1 aromatic heterocycles. The molecule has 18 heavy (non-hydrogen) atoms. The maximum Gasteiger partial charge on any atom is 0.274 e. The molecule has 6 nitrogen and oxygen atoms in total. The molecular weight excluding hydrogens is 232 g/mol. The number of nitrogens with one attached hydrogen (secondary N) is 1. The van der Waals surface area contributed by atoms with E-state index < -0.39 is 0 Å². The average Bonchev–Trinajstić information content (AvgIpc) is 2.91. The van der Waals surface area contributed by atoms with Crippen molar-refractivity contribution in [2.75, 3.05) is 32.1 Å². The Kier molecular flexibility index (Phi) is 4.09. The molecule has 0 aliphatic carbocycles. The highest BCUT2D eigenvalue weighted by Crippen LogP contribution is 2.13. The van der Waals surface area contributed by atoms with Crippen LogP contribution in [-0.4, -0.2) is 53.6 Å². The third kappa shape index (κ3) is 2.76. The molecule has 1 saturated heterocycles. The molecule has 1 fully saturated rings. The van der Waals surface area contributed by atoms with Crippen LogP contribution in [0.5, 0.6) is 0 Å². The standard InChI is InChI=1S/C12H18N4O2/c1-3-14-11-7-13-6-10(15-11)12(17)16(2)9-4-5-18-8-9/h6-7,9H,3-5,8H2,1-2H3,(H,14,15). The molecule has 98 valence electrons. The summed E-state index contributed by atoms with van der Waals surface area (Å²) in [4.78, 5) is 22.2. The maximum atomic E-state index is 12.2. The summed E-state index contributed by atoms with van der Waals surface area (Å²) in [6.07, 6.45) is 3.98. The van der Waals surface area contributed by atoms with Crippen molar-refractivity contribution in [3.63, 3.8) is 0 Å². The molecule has 6 heteroatoms. The lowest BCUT2D eigenvalue weighted by atomic mass is 10.2. The van der Waals surface area contributed by atoms with Crippen molar-refractivity contribution in [2.24, 2.45) is 0 Å². The number of hydrogen-bond acceptors (Lipinski definition) is 5. The molecule has 1 aliphatic heterocycles. The van der Waals surface area contributed by atoms with Gasteiger partial charge in [0.15, 0.2) is 0 Å². The van der Waals surface area contributed by atoms with E-state index in [2.05, 4.69) is 15.3 Å². The van der Waals surface area contributed by atoms with Crippen LogP contribution < -0.4 is 5.32 Å². The zero-order valence-corrected chi connectivity index (χ0v) is 10.7. The van der Waals surface area contributed by atoms with Crippen LogP contribution in [0.1, 0.15) is 23.8 Å². The van der Waals surface area contributed by atoms with Crippen LogP contribution in [0.25, 0.3) is 0 Å². The number of likely N-dealkylation sites (N-methyl/N-ethyl adjacent to an activating group) is 1. The fraction of sp³-hybridized carbons (Fsp3) is 0.583. The molecule has 0 radical (unpaired) electrons. The van der Waals surface area contributed by atoms with Gasteiger partial charge in [0.05, 0.1) is 25.0 Å². The summed E-state index contributed by atoms with van der Waals surface area (Å²) in [6.45, 7) is 4.03. The van der Waals surface area contributed by atoms with Gasteiger partial charge in [-0.05, 0) is 13.3 Å². The number of ether oxygens (including phenoxy) is 1. The monoisotopic (exact) mass is 250 g/mol. The van der Waals surface area contributed by atoms with Crippen LogP contribution in [0.4, 0.5) is 5.82 Å². The van der Waals surface area contributed by atoms with Crippen LogP contribution >= 0.6 is 0 Å². The first-order valence-electron chi connectivity index (χ1n) is 6.13. The first-order chi connectivity index (χ1) is 8.72. The number of aromatic nitrogens is 2. The Labute approximate surface area is 106 Å². The van der Waals surface area contributed by atoms with Gasteiger partial charge in [0.2, 0.25) is 0 Å². The van der Waals surface area contributed by atoms with Crippen LogP contribution in [0.3, 0.4) is 0 Å². The predicted octanol–water partition coefficient (Wildman–Crippen LogP) is 0.769. The van der Waals surface area contributed by atoms with Crippen molar-refractivity contribution in [3.05, 3.63) is 18.1 Å². The van der Waals surface area contributed by atoms with E-state index in [4.69, 9.17) is 4.74 Å². The van der Waals surface area contributed by atoms with Crippen molar-refractivity contribution >= 4 is 11.7 Å². The van der Waals surface area contributed by atoms with Crippen molar-refractivity contribution < 1.29 is 9.53 Å². The first kappa shape index (κ1) is 12.8. The summed E-state index contributed by atoms with van der Waals surface area (Å²) >= 11 is 0. The van der Waals surface area contributed by atoms with Crippen molar-refractivity contribution in [1.29, 1.82) is 0 Å². The lowest BCUT2D eigenvalue weighted by Gasteiger charge is -2.22. The minimum absolute atomic E-state index is 0.113. The highest BCUT2D eigenvalue weighted by molar-refractivity contribution is 5.92. The highest BCUT2D eigenvalue weighted by atomic mass is 16.5. The number of nitrogens with zero attached hydrogens (tertiary/aromatic N) is 3. The lowest BCUT2D eigenvalue weighted by Crippen LogP contribution is -2.37. The van der Waals surface area contributed by atoms with E-state index in [1.54, 1.807) is 18.1 Å². The van der Waals surface area contributed by atoms with E-state index in [-0.39, 0.29) is 11.9 Å². The summed E-state index contributed by atoms with van der Waals surface area (Å²) in [5.41, 5.74) is 0.364. The van der Waals surface area contributed by atoms with Crippen molar-refractivity contribution in [1.82, 2.24) is 14.9 Å². The average molecular weight is 250 g/mol. The van der Waals surface area contributed by atoms with Crippen LogP contribution in [0, 0.1) is 0 Å². The molecule has 0 saturated carbocycles. The molecule has 2 heterocycles. The van der Waals surface area contributed by atoms with E-state index in [1.807, 2.05) is 6.92 Å². The number of carbonyl (C=O) groups excluding carboxylic acids is 1. The van der Waals surface area contributed by atoms with E-state index in [1.165, 1.54) is 6.20 Å². The molecule has 1 aliphatic rings. The van der Waals surface area contributed by atoms with E-state index >= 15 is 0 Å². The second-order valence-corrected chi connectivity index (χ2v) is 4.25. The van der Waals surface area contributed by atoms with Gasteiger partial charge in [-0.2, -0.15) is 0 Å². The molecular formula is C12H18N4O2. The molecule has 1 atom stereocenters. The number of rotatable bonds is 4. The van der Waals surface area contributed by atoms with Gasteiger partial charge in [0.25, 0.3) is 5.91 Å². The third-order valence-corrected chi connectivity index (χ3v) is 2.99. The molecule has 0 aromatic carbocycles. The van der Waals surface area contributed by atoms with Gasteiger partial charge in [-0.3, -0.25) is 9.78 Å². The SMILES string of the molecule is CCNc1cncc(C(=O)N(C)C2CCOC2)n1. The smallest absolute Gasteiger partial charge is 0.274 e. The lowest BCUT2D eigenvalue weighted by molar-refractivity contribution is 0.0705. The van der Waals surface area contributed by atoms with Gasteiger partial charge >= 0.3 is 0 Å². The third-order valence-electron chi connectivity index (χ3n) is 2.99. The molecule has 2 rings (SSSR count). The quantitative estimate of drug-likeness (QED) is 0.855. The summed E-state index contributed by atoms with van der Waals surface area (Å²) in [6, 6.07) is 0.141. The first-order valence-corrected chi connectivity index (χ1v) is 6.13. The van der Waals surface area contributed by atoms with E-state index in [0.717, 1.165) is 13.0 Å². The minimum Gasteiger partial charge on any atom is -0.379 e. The Balaban J connectivity index is 2.09. The summed E-state index contributed by atoms with van der Waals surface area (Å²) < 4.78 is 5.28. The van der Waals surface area contributed by atoms with Gasteiger partial charge < -0.3 is 15.0 Å². The van der Waals surface area contributed by atoms with E-state index in [9.17, 15) is 4.79 Å². The van der Waals surface area contributed by atoms with Gasteiger partial charge in [0.1, 0.15) is 11.5 Å². The molecule has 1 unspecified atom stereocenters. The highest BCUT2D eigenvalue weighted by Gasteiger charge is 2.25. The Morgan fingerprint density at radius 1 is 1.61 bits per heavy atom. The Morgan fingerprint density at radius 2 is 2.44 bits per heavy atom. The summed E-state index contributed by atoms with van der Waals surface area (Å²) in [5.74, 6) is 0.511. The Bertz CT molecular complexity index is 418. The largest absolute Gasteiger partial charge is 0.379 e. The number of carbonyl (C=O) groups is 1. The van der Waals surface area contributed by atoms with Crippen LogP contribution in [-0.2, 0) is 4.74 Å². The fourth-order valence-electron chi connectivity index (χ4n) is 1.91. The molecule has 1 aromatic rings. The minimum atomic E-state index is -0.113. The normalized spacial score (nSPS) is 18.7. The Morgan fingerprint density at radius 3 is 3.11 bits per heavy atom. The van der Waals surface area contributed by atoms with Crippen LogP contribution in [0.2, 0.25) is 0 Å². The van der Waals surface area contributed by atoms with Crippen molar-refractivity contribution in [2.45, 2.75) is 19.4 Å². The van der Waals surface area contributed by atoms with Gasteiger partial charge in [-0.15, -0.1) is 0 Å². The zero-order valence-electron chi connectivity index (χ0n) is 10.7. The van der Waals surface area contributed by atoms with E-state index in [0.29, 0.717) is 24.7 Å². The number of hydrogen-bond donors (Lipinski definition) is 1. The summed E-state index contributed by atoms with van der Waals surface area (Å²) in [7, 11) is 1.78. The second kappa shape index (κ2) is 5.77. The van der Waals surface area contributed by atoms with Crippen LogP contribution in [0.15, 0.2) is 12.4 Å². The maximum absolute atomic E-state index is 12.2. The number of amides is 1. The Hall–Kier alpha value is -1.69. The molecule has 1 amide bonds. The molecule has 1 N–H and O–H groups in total. The zero-order chi connectivity index (χ0) is 13.0. The van der Waals surface area contributed by atoms with Gasteiger partial charge in [0, 0.05) is 20.2 Å². The van der Waals surface area contributed by atoms with Gasteiger partial charge in [-0.1, -0.05) is 0 Å². The second-order valence-electron chi connectivity index (χ2n) is 4.25. The van der Waals surface area contributed by atoms with Crippen molar-refractivity contribution in [3.8, 4) is 0 Å². The predicted molar refractivity (Wildman–Crippen MR) is 67.5 cm³/mol. The van der Waals surface area contributed by atoms with Gasteiger partial charge in [-0.25, -0.2) is 4.98 Å².